The summed E-state index contributed by atoms with van der Waals surface area (Å²) in [6, 6.07) is 21.2. The van der Waals surface area contributed by atoms with Gasteiger partial charge in [0.1, 0.15) is 0 Å². The number of hydrogen-bond donors (Lipinski definition) is 1. The van der Waals surface area contributed by atoms with Crippen LogP contribution in [0.25, 0.3) is 21.8 Å². The molecule has 4 aromatic rings. The first-order valence-electron chi connectivity index (χ1n) is 14.8. The molecular formula is C36H42N2P2. The molecule has 1 aliphatic carbocycles. The highest BCUT2D eigenvalue weighted by Crippen LogP contribution is 2.56. The minimum Gasteiger partial charge on any atom is -0.377 e. The van der Waals surface area contributed by atoms with Crippen molar-refractivity contribution >= 4 is 48.6 Å². The van der Waals surface area contributed by atoms with E-state index >= 15 is 0 Å². The molecule has 6 rings (SSSR count). The molecule has 3 aromatic carbocycles. The summed E-state index contributed by atoms with van der Waals surface area (Å²) in [6.07, 6.45) is 8.10. The van der Waals surface area contributed by atoms with Crippen LogP contribution < -0.4 is 10.6 Å². The van der Waals surface area contributed by atoms with E-state index in [9.17, 15) is 0 Å². The van der Waals surface area contributed by atoms with Crippen molar-refractivity contribution in [3.05, 3.63) is 99.9 Å². The van der Waals surface area contributed by atoms with Crippen LogP contribution in [0.3, 0.4) is 0 Å². The van der Waals surface area contributed by atoms with Gasteiger partial charge in [-0.05, 0) is 90.3 Å². The second-order valence-electron chi connectivity index (χ2n) is 12.3. The van der Waals surface area contributed by atoms with Crippen LogP contribution in [0.1, 0.15) is 63.3 Å². The molecule has 1 aliphatic heterocycles. The first kappa shape index (κ1) is 27.6. The Labute approximate surface area is 242 Å². The third-order valence-electron chi connectivity index (χ3n) is 8.73. The molecule has 1 N–H and O–H groups in total. The number of rotatable bonds is 2. The minimum absolute atomic E-state index is 0.328. The van der Waals surface area contributed by atoms with Crippen molar-refractivity contribution in [3.63, 3.8) is 0 Å². The Hall–Kier alpha value is -2.53. The number of pyridine rings is 1. The molecule has 2 aliphatic rings. The minimum atomic E-state index is -0.449. The zero-order valence-electron chi connectivity index (χ0n) is 25.0. The normalized spacial score (nSPS) is 21.3. The number of benzene rings is 3. The molecule has 1 aromatic heterocycles. The number of aryl methyl sites for hydroxylation is 2. The van der Waals surface area contributed by atoms with Gasteiger partial charge in [0.15, 0.2) is 0 Å². The van der Waals surface area contributed by atoms with E-state index in [1.807, 2.05) is 0 Å². The van der Waals surface area contributed by atoms with Gasteiger partial charge in [-0.2, -0.15) is 0 Å². The van der Waals surface area contributed by atoms with Gasteiger partial charge in [-0.15, -0.1) is 0 Å². The predicted molar refractivity (Wildman–Crippen MR) is 180 cm³/mol. The van der Waals surface area contributed by atoms with Gasteiger partial charge < -0.3 is 5.32 Å². The SMILES string of the molecule is CC1=CCC2Nc3ccc(C)cc3P(C(C)C)Cc3cccc4c(C)c5cccc(c5nc34)CP(C(C)C)C2=C1. The van der Waals surface area contributed by atoms with E-state index in [1.54, 1.807) is 5.31 Å². The van der Waals surface area contributed by atoms with E-state index in [1.165, 1.54) is 60.6 Å². The number of anilines is 1. The summed E-state index contributed by atoms with van der Waals surface area (Å²) in [5.74, 6) is 0. The van der Waals surface area contributed by atoms with Crippen LogP contribution in [0.4, 0.5) is 5.69 Å². The maximum atomic E-state index is 5.54. The van der Waals surface area contributed by atoms with Crippen molar-refractivity contribution in [2.75, 3.05) is 5.32 Å². The number of hydrogen-bond acceptors (Lipinski definition) is 2. The van der Waals surface area contributed by atoms with E-state index in [-0.39, 0.29) is 0 Å². The molecule has 0 fully saturated rings. The fraction of sp³-hybridized carbons (Fsp3) is 0.361. The Morgan fingerprint density at radius 1 is 0.800 bits per heavy atom. The zero-order chi connectivity index (χ0) is 28.1. The number of para-hydroxylation sites is 2. The number of nitrogens with zero attached hydrogens (tertiary/aromatic N) is 1. The summed E-state index contributed by atoms with van der Waals surface area (Å²) < 4.78 is 0. The molecule has 0 radical (unpaired) electrons. The lowest BCUT2D eigenvalue weighted by Gasteiger charge is -2.35. The first-order valence-corrected chi connectivity index (χ1v) is 18.0. The summed E-state index contributed by atoms with van der Waals surface area (Å²) in [5, 5.41) is 9.87. The smallest absolute Gasteiger partial charge is 0.0748 e. The lowest BCUT2D eigenvalue weighted by Crippen LogP contribution is -2.28. The second kappa shape index (κ2) is 11.0. The van der Waals surface area contributed by atoms with Crippen LogP contribution in [0.5, 0.6) is 0 Å². The Morgan fingerprint density at radius 3 is 2.05 bits per heavy atom. The second-order valence-corrected chi connectivity index (χ2v) is 17.9. The number of fused-ring (bicyclic) bond motifs is 2. The van der Waals surface area contributed by atoms with Gasteiger partial charge in [0.25, 0.3) is 0 Å². The molecule has 4 heteroatoms. The third kappa shape index (κ3) is 5.04. The lowest BCUT2D eigenvalue weighted by atomic mass is 10.00. The largest absolute Gasteiger partial charge is 0.377 e. The van der Waals surface area contributed by atoms with Crippen molar-refractivity contribution in [2.24, 2.45) is 0 Å². The number of aromatic nitrogens is 1. The maximum Gasteiger partial charge on any atom is 0.0748 e. The van der Waals surface area contributed by atoms with Crippen molar-refractivity contribution in [2.45, 2.75) is 84.6 Å². The van der Waals surface area contributed by atoms with E-state index in [2.05, 4.69) is 121 Å². The highest BCUT2D eigenvalue weighted by atomic mass is 31.1. The van der Waals surface area contributed by atoms with Gasteiger partial charge in [0, 0.05) is 16.5 Å². The zero-order valence-corrected chi connectivity index (χ0v) is 26.8. The van der Waals surface area contributed by atoms with E-state index in [0.717, 1.165) is 18.7 Å². The van der Waals surface area contributed by atoms with E-state index < -0.39 is 15.8 Å². The average Bonchev–Trinajstić information content (AvgIpc) is 2.92. The van der Waals surface area contributed by atoms with Gasteiger partial charge in [-0.25, -0.2) is 4.98 Å². The van der Waals surface area contributed by atoms with Crippen molar-refractivity contribution in [1.82, 2.24) is 4.98 Å². The van der Waals surface area contributed by atoms with Gasteiger partial charge in [0.05, 0.1) is 17.1 Å². The van der Waals surface area contributed by atoms with Gasteiger partial charge in [-0.3, -0.25) is 0 Å². The van der Waals surface area contributed by atoms with Crippen LogP contribution in [-0.4, -0.2) is 22.3 Å². The summed E-state index contributed by atoms with van der Waals surface area (Å²) in [6.45, 7) is 16.5. The average molecular weight is 565 g/mol. The standard InChI is InChI=1S/C36H42N2P2/c1-22(2)39-20-27-10-8-12-29-26(7)30-13-9-11-28(36(30)38-35(27)29)21-40(23(3)4)34-19-25(6)15-17-32(34)37-31-16-14-24(5)18-33(31)39/h8-16,18-19,22-23,32,37H,17,20-21H2,1-7H3. The first-order chi connectivity index (χ1) is 19.2. The van der Waals surface area contributed by atoms with Crippen molar-refractivity contribution in [3.8, 4) is 0 Å². The summed E-state index contributed by atoms with van der Waals surface area (Å²) in [4.78, 5) is 5.54. The molecule has 3 unspecified atom stereocenters. The van der Waals surface area contributed by atoms with Crippen LogP contribution in [0, 0.1) is 13.8 Å². The molecule has 206 valence electrons. The van der Waals surface area contributed by atoms with Crippen LogP contribution in [0.2, 0.25) is 0 Å². The Balaban J connectivity index is 1.67. The highest BCUT2D eigenvalue weighted by Gasteiger charge is 2.30. The Morgan fingerprint density at radius 2 is 1.43 bits per heavy atom. The van der Waals surface area contributed by atoms with E-state index in [4.69, 9.17) is 4.98 Å². The van der Waals surface area contributed by atoms with Crippen LogP contribution >= 0.6 is 15.8 Å². The summed E-state index contributed by atoms with van der Waals surface area (Å²) in [5.41, 5.74) is 11.8. The Bertz CT molecular complexity index is 1660. The molecule has 2 bridgehead atoms. The fourth-order valence-corrected chi connectivity index (χ4v) is 11.7. The quantitative estimate of drug-likeness (QED) is 0.194. The molecule has 2 nitrogen and oxygen atoms in total. The maximum absolute atomic E-state index is 5.54. The monoisotopic (exact) mass is 564 g/mol. The lowest BCUT2D eigenvalue weighted by molar-refractivity contribution is 0.853. The topological polar surface area (TPSA) is 24.9 Å². The van der Waals surface area contributed by atoms with E-state index in [0.29, 0.717) is 17.4 Å². The molecule has 0 spiro atoms. The summed E-state index contributed by atoms with van der Waals surface area (Å²) in [7, 11) is -0.858. The summed E-state index contributed by atoms with van der Waals surface area (Å²) >= 11 is 0. The fourth-order valence-electron chi connectivity index (χ4n) is 6.47. The third-order valence-corrected chi connectivity index (χ3v) is 14.7. The molecule has 0 saturated carbocycles. The van der Waals surface area contributed by atoms with Gasteiger partial charge in [0.2, 0.25) is 0 Å². The van der Waals surface area contributed by atoms with Gasteiger partial charge in [-0.1, -0.05) is 109 Å². The molecule has 40 heavy (non-hydrogen) atoms. The molecule has 2 heterocycles. The number of nitrogens with one attached hydrogen (secondary N) is 1. The van der Waals surface area contributed by atoms with Crippen molar-refractivity contribution in [1.29, 1.82) is 0 Å². The van der Waals surface area contributed by atoms with Crippen LogP contribution in [0.15, 0.2) is 77.6 Å². The molecule has 3 atom stereocenters. The van der Waals surface area contributed by atoms with Crippen molar-refractivity contribution < 1.29 is 0 Å². The predicted octanol–water partition coefficient (Wildman–Crippen LogP) is 10.1. The molecule has 0 saturated heterocycles. The highest BCUT2D eigenvalue weighted by molar-refractivity contribution is 7.66. The van der Waals surface area contributed by atoms with Gasteiger partial charge >= 0.3 is 0 Å². The number of allylic oxidation sites excluding steroid dienone is 2. The Kier molecular flexibility index (Phi) is 7.63. The molecule has 0 amide bonds. The molecular weight excluding hydrogens is 522 g/mol. The van der Waals surface area contributed by atoms with Crippen LogP contribution in [-0.2, 0) is 12.3 Å².